The van der Waals surface area contributed by atoms with E-state index in [-0.39, 0.29) is 17.8 Å². The van der Waals surface area contributed by atoms with Gasteiger partial charge in [0.2, 0.25) is 0 Å². The van der Waals surface area contributed by atoms with Crippen LogP contribution in [-0.2, 0) is 11.8 Å². The Hall–Kier alpha value is -1.95. The Kier molecular flexibility index (Phi) is 8.64. The van der Waals surface area contributed by atoms with Crippen molar-refractivity contribution in [3.8, 4) is 22.3 Å². The van der Waals surface area contributed by atoms with E-state index in [2.05, 4.69) is 99.2 Å². The summed E-state index contributed by atoms with van der Waals surface area (Å²) in [6, 6.07) is 12.8. The van der Waals surface area contributed by atoms with Crippen molar-refractivity contribution in [1.29, 1.82) is 0 Å². The number of nitrogens with zero attached hydrogens (tertiary/aromatic N) is 3. The summed E-state index contributed by atoms with van der Waals surface area (Å²) in [5, 5.41) is 0.576. The lowest BCUT2D eigenvalue weighted by atomic mass is 9.86. The Morgan fingerprint density at radius 1 is 1.06 bits per heavy atom. The van der Waals surface area contributed by atoms with Crippen molar-refractivity contribution in [3.05, 3.63) is 58.7 Å². The fraction of sp³-hybridized carbons (Fsp3) is 0.440. The number of aryl methyl sites for hydroxylation is 2. The number of benzene rings is 2. The fourth-order valence-corrected chi connectivity index (χ4v) is 3.85. The Morgan fingerprint density at radius 2 is 1.81 bits per heavy atom. The molecule has 0 fully saturated rings. The molecule has 2 aromatic carbocycles. The van der Waals surface area contributed by atoms with Crippen molar-refractivity contribution in [2.75, 3.05) is 20.1 Å². The van der Waals surface area contributed by atoms with E-state index in [4.69, 9.17) is 4.74 Å². The molecule has 3 rings (SSSR count). The van der Waals surface area contributed by atoms with Crippen LogP contribution in [0.1, 0.15) is 49.9 Å². The summed E-state index contributed by atoms with van der Waals surface area (Å²) >= 11 is 1.30. The van der Waals surface area contributed by atoms with Crippen LogP contribution >= 0.6 is 23.9 Å². The number of rotatable bonds is 7. The van der Waals surface area contributed by atoms with Crippen LogP contribution < -0.4 is 4.74 Å². The molecule has 6 heteroatoms. The highest BCUT2D eigenvalue weighted by Gasteiger charge is 2.16. The minimum atomic E-state index is 0. The average molecular weight is 460 g/mol. The van der Waals surface area contributed by atoms with Gasteiger partial charge in [0, 0.05) is 23.6 Å². The molecule has 0 radical (unpaired) electrons. The van der Waals surface area contributed by atoms with Crippen LogP contribution in [0, 0.1) is 13.8 Å². The van der Waals surface area contributed by atoms with Gasteiger partial charge in [0.05, 0.1) is 0 Å². The molecule has 3 aromatic rings. The quantitative estimate of drug-likeness (QED) is 0.388. The minimum Gasteiger partial charge on any atom is -0.430 e. The lowest BCUT2D eigenvalue weighted by molar-refractivity contribution is 0.357. The molecule has 31 heavy (non-hydrogen) atoms. The van der Waals surface area contributed by atoms with Crippen molar-refractivity contribution in [1.82, 2.24) is 14.3 Å². The molecule has 0 aliphatic heterocycles. The molecule has 0 bridgehead atoms. The highest BCUT2D eigenvalue weighted by atomic mass is 35.5. The maximum atomic E-state index is 6.13. The summed E-state index contributed by atoms with van der Waals surface area (Å²) in [6.07, 6.45) is 1.05. The lowest BCUT2D eigenvalue weighted by Crippen LogP contribution is -2.20. The van der Waals surface area contributed by atoms with Gasteiger partial charge in [-0.2, -0.15) is 9.36 Å². The third-order valence-corrected chi connectivity index (χ3v) is 6.12. The summed E-state index contributed by atoms with van der Waals surface area (Å²) in [6.45, 7) is 15.2. The molecule has 1 heterocycles. The molecular formula is C25H34ClN3OS. The van der Waals surface area contributed by atoms with Crippen LogP contribution in [0.25, 0.3) is 11.4 Å². The normalized spacial score (nSPS) is 11.5. The van der Waals surface area contributed by atoms with Crippen LogP contribution in [0.5, 0.6) is 10.9 Å². The zero-order valence-electron chi connectivity index (χ0n) is 19.7. The maximum absolute atomic E-state index is 6.13. The number of hydrogen-bond donors (Lipinski definition) is 0. The Balaban J connectivity index is 0.00000341. The Morgan fingerprint density at radius 3 is 2.48 bits per heavy atom. The largest absolute Gasteiger partial charge is 0.430 e. The number of likely N-dealkylation sites (N-methyl/N-ethyl adjacent to an activating group) is 1. The van der Waals surface area contributed by atoms with Crippen LogP contribution in [0.2, 0.25) is 0 Å². The van der Waals surface area contributed by atoms with Crippen LogP contribution in [0.15, 0.2) is 36.4 Å². The fourth-order valence-electron chi connectivity index (χ4n) is 3.29. The van der Waals surface area contributed by atoms with Crippen LogP contribution in [0.3, 0.4) is 0 Å². The first-order valence-electron chi connectivity index (χ1n) is 10.6. The summed E-state index contributed by atoms with van der Waals surface area (Å²) in [7, 11) is 2.16. The molecule has 4 nitrogen and oxygen atoms in total. The summed E-state index contributed by atoms with van der Waals surface area (Å²) in [5.41, 5.74) is 6.14. The highest BCUT2D eigenvalue weighted by Crippen LogP contribution is 2.32. The van der Waals surface area contributed by atoms with E-state index in [0.717, 1.165) is 42.2 Å². The highest BCUT2D eigenvalue weighted by molar-refractivity contribution is 7.07. The summed E-state index contributed by atoms with van der Waals surface area (Å²) in [5.74, 6) is 1.57. The first-order chi connectivity index (χ1) is 14.2. The second-order valence-electron chi connectivity index (χ2n) is 9.01. The van der Waals surface area contributed by atoms with Crippen LogP contribution in [-0.4, -0.2) is 34.4 Å². The van der Waals surface area contributed by atoms with E-state index >= 15 is 0 Å². The van der Waals surface area contributed by atoms with Crippen molar-refractivity contribution < 1.29 is 4.74 Å². The van der Waals surface area contributed by atoms with Gasteiger partial charge >= 0.3 is 0 Å². The van der Waals surface area contributed by atoms with Crippen molar-refractivity contribution in [2.24, 2.45) is 0 Å². The molecule has 0 saturated carbocycles. The predicted octanol–water partition coefficient (Wildman–Crippen LogP) is 6.83. The molecule has 168 valence electrons. The standard InChI is InChI=1S/C25H33N3OS.ClH/c1-8-28(7)13-12-19-14-18(3)22(15-17(19)2)29-24-26-23(27-30-24)20-10-9-11-21(16-20)25(4,5)6;/h9-11,14-16H,8,12-13H2,1-7H3;1H. The topological polar surface area (TPSA) is 38.2 Å². The van der Waals surface area contributed by atoms with Gasteiger partial charge in [-0.3, -0.25) is 0 Å². The van der Waals surface area contributed by atoms with Gasteiger partial charge in [-0.05, 0) is 73.7 Å². The van der Waals surface area contributed by atoms with Crippen molar-refractivity contribution in [2.45, 2.75) is 53.4 Å². The number of halogens is 1. The van der Waals surface area contributed by atoms with Crippen LogP contribution in [0.4, 0.5) is 0 Å². The number of ether oxygens (including phenoxy) is 1. The minimum absolute atomic E-state index is 0. The zero-order chi connectivity index (χ0) is 21.9. The van der Waals surface area contributed by atoms with Gasteiger partial charge in [0.1, 0.15) is 5.75 Å². The van der Waals surface area contributed by atoms with Gasteiger partial charge in [-0.15, -0.1) is 12.4 Å². The Bertz CT molecular complexity index is 1010. The van der Waals surface area contributed by atoms with Gasteiger partial charge in [-0.1, -0.05) is 52.0 Å². The molecule has 0 aliphatic carbocycles. The smallest absolute Gasteiger partial charge is 0.299 e. The second-order valence-corrected chi connectivity index (χ2v) is 9.72. The molecular weight excluding hydrogens is 426 g/mol. The molecule has 1 aromatic heterocycles. The lowest BCUT2D eigenvalue weighted by Gasteiger charge is -2.19. The van der Waals surface area contributed by atoms with Gasteiger partial charge < -0.3 is 9.64 Å². The molecule has 0 atom stereocenters. The maximum Gasteiger partial charge on any atom is 0.299 e. The molecule has 0 aliphatic rings. The number of hydrogen-bond acceptors (Lipinski definition) is 5. The third-order valence-electron chi connectivity index (χ3n) is 5.53. The van der Waals surface area contributed by atoms with E-state index in [1.165, 1.54) is 28.2 Å². The summed E-state index contributed by atoms with van der Waals surface area (Å²) in [4.78, 5) is 6.97. The predicted molar refractivity (Wildman–Crippen MR) is 134 cm³/mol. The van der Waals surface area contributed by atoms with E-state index in [9.17, 15) is 0 Å². The van der Waals surface area contributed by atoms with Gasteiger partial charge in [-0.25, -0.2) is 0 Å². The molecule has 0 amide bonds. The van der Waals surface area contributed by atoms with Gasteiger partial charge in [0.25, 0.3) is 5.19 Å². The second kappa shape index (κ2) is 10.6. The summed E-state index contributed by atoms with van der Waals surface area (Å²) < 4.78 is 10.7. The molecule has 0 N–H and O–H groups in total. The van der Waals surface area contributed by atoms with E-state index in [0.29, 0.717) is 5.19 Å². The zero-order valence-corrected chi connectivity index (χ0v) is 21.3. The monoisotopic (exact) mass is 459 g/mol. The SMILES string of the molecule is CCN(C)CCc1cc(C)c(Oc2nc(-c3cccc(C(C)(C)C)c3)ns2)cc1C.Cl. The molecule has 0 saturated heterocycles. The van der Waals surface area contributed by atoms with Crippen molar-refractivity contribution >= 4 is 23.9 Å². The van der Waals surface area contributed by atoms with Crippen molar-refractivity contribution in [3.63, 3.8) is 0 Å². The molecule has 0 spiro atoms. The van der Waals surface area contributed by atoms with E-state index in [1.807, 2.05) is 0 Å². The Labute approximate surface area is 197 Å². The third kappa shape index (κ3) is 6.52. The first kappa shape index (κ1) is 25.3. The van der Waals surface area contributed by atoms with Gasteiger partial charge in [0.15, 0.2) is 5.82 Å². The number of aromatic nitrogens is 2. The van der Waals surface area contributed by atoms with E-state index in [1.54, 1.807) is 0 Å². The first-order valence-corrected chi connectivity index (χ1v) is 11.4. The average Bonchev–Trinajstić information content (AvgIpc) is 3.17. The van der Waals surface area contributed by atoms with E-state index < -0.39 is 0 Å². The molecule has 0 unspecified atom stereocenters.